The van der Waals surface area contributed by atoms with Crippen LogP contribution in [0.4, 0.5) is 11.4 Å². The minimum Gasteiger partial charge on any atom is -0.383 e. The summed E-state index contributed by atoms with van der Waals surface area (Å²) in [4.78, 5) is 40.9. The molecule has 0 saturated carbocycles. The van der Waals surface area contributed by atoms with Crippen molar-refractivity contribution in [2.75, 3.05) is 37.0 Å². The molecule has 0 aromatic heterocycles. The van der Waals surface area contributed by atoms with E-state index in [1.165, 1.54) is 18.9 Å². The third-order valence-corrected chi connectivity index (χ3v) is 4.81. The quantitative estimate of drug-likeness (QED) is 0.681. The first-order chi connectivity index (χ1) is 14.5. The molecule has 2 aromatic carbocycles. The largest absolute Gasteiger partial charge is 0.383 e. The standard InChI is InChI=1S/C23H25N3O4/c1-4-25(19-8-6-5-7-9-19)21-20(22(28)26(23(21)29)14-15-30-3)17-10-12-18(13-11-17)24-16(2)27/h5-13H,4,14-15H2,1-3H3,(H,24,27). The molecule has 0 spiro atoms. The van der Waals surface area contributed by atoms with Gasteiger partial charge in [-0.05, 0) is 36.8 Å². The molecule has 2 aromatic rings. The summed E-state index contributed by atoms with van der Waals surface area (Å²) >= 11 is 0. The van der Waals surface area contributed by atoms with Gasteiger partial charge in [0.1, 0.15) is 5.70 Å². The summed E-state index contributed by atoms with van der Waals surface area (Å²) in [7, 11) is 1.53. The summed E-state index contributed by atoms with van der Waals surface area (Å²) in [5, 5.41) is 2.71. The predicted molar refractivity (Wildman–Crippen MR) is 116 cm³/mol. The van der Waals surface area contributed by atoms with E-state index in [1.807, 2.05) is 42.2 Å². The lowest BCUT2D eigenvalue weighted by Crippen LogP contribution is -2.37. The maximum absolute atomic E-state index is 13.3. The Morgan fingerprint density at radius 1 is 1.03 bits per heavy atom. The number of hydrogen-bond donors (Lipinski definition) is 1. The minimum absolute atomic E-state index is 0.178. The van der Waals surface area contributed by atoms with Gasteiger partial charge in [0.25, 0.3) is 11.8 Å². The smallest absolute Gasteiger partial charge is 0.278 e. The van der Waals surface area contributed by atoms with Gasteiger partial charge in [-0.25, -0.2) is 0 Å². The van der Waals surface area contributed by atoms with Gasteiger partial charge < -0.3 is 15.0 Å². The van der Waals surface area contributed by atoms with Crippen LogP contribution in [0.5, 0.6) is 0 Å². The van der Waals surface area contributed by atoms with Crippen LogP contribution in [0.3, 0.4) is 0 Å². The molecule has 1 aliphatic rings. The van der Waals surface area contributed by atoms with Crippen molar-refractivity contribution in [3.05, 3.63) is 65.9 Å². The first-order valence-corrected chi connectivity index (χ1v) is 9.78. The van der Waals surface area contributed by atoms with Crippen molar-refractivity contribution in [3.63, 3.8) is 0 Å². The fraction of sp³-hybridized carbons (Fsp3) is 0.261. The molecule has 0 radical (unpaired) electrons. The van der Waals surface area contributed by atoms with Gasteiger partial charge in [-0.1, -0.05) is 30.3 Å². The highest BCUT2D eigenvalue weighted by Gasteiger charge is 2.41. The van der Waals surface area contributed by atoms with Crippen LogP contribution < -0.4 is 10.2 Å². The van der Waals surface area contributed by atoms with E-state index in [0.29, 0.717) is 29.1 Å². The Morgan fingerprint density at radius 2 is 1.70 bits per heavy atom. The Morgan fingerprint density at radius 3 is 2.27 bits per heavy atom. The number of carbonyl (C=O) groups excluding carboxylic acids is 3. The lowest BCUT2D eigenvalue weighted by Gasteiger charge is -2.24. The van der Waals surface area contributed by atoms with Crippen LogP contribution in [-0.4, -0.2) is 49.4 Å². The summed E-state index contributed by atoms with van der Waals surface area (Å²) in [5.41, 5.74) is 2.76. The third-order valence-electron chi connectivity index (χ3n) is 4.81. The Hall–Kier alpha value is -3.45. The van der Waals surface area contributed by atoms with Crippen LogP contribution in [0.1, 0.15) is 19.4 Å². The molecule has 1 aliphatic heterocycles. The molecule has 3 amide bonds. The number of carbonyl (C=O) groups is 3. The zero-order valence-electron chi connectivity index (χ0n) is 17.3. The molecular formula is C23H25N3O4. The van der Waals surface area contributed by atoms with E-state index in [2.05, 4.69) is 5.32 Å². The second kappa shape index (κ2) is 9.37. The highest BCUT2D eigenvalue weighted by atomic mass is 16.5. The molecule has 1 heterocycles. The Kier molecular flexibility index (Phi) is 6.64. The Bertz CT molecular complexity index is 968. The number of nitrogens with zero attached hydrogens (tertiary/aromatic N) is 2. The second-order valence-electron chi connectivity index (χ2n) is 6.82. The van der Waals surface area contributed by atoms with Crippen LogP contribution in [-0.2, 0) is 19.1 Å². The summed E-state index contributed by atoms with van der Waals surface area (Å²) < 4.78 is 5.08. The van der Waals surface area contributed by atoms with Crippen LogP contribution in [0.25, 0.3) is 5.57 Å². The average molecular weight is 407 g/mol. The lowest BCUT2D eigenvalue weighted by molar-refractivity contribution is -0.137. The van der Waals surface area contributed by atoms with Crippen molar-refractivity contribution in [3.8, 4) is 0 Å². The fourth-order valence-electron chi connectivity index (χ4n) is 3.46. The van der Waals surface area contributed by atoms with Gasteiger partial charge in [0.15, 0.2) is 0 Å². The number of amides is 3. The van der Waals surface area contributed by atoms with E-state index in [9.17, 15) is 14.4 Å². The number of ether oxygens (including phenoxy) is 1. The normalized spacial score (nSPS) is 13.8. The van der Waals surface area contributed by atoms with Crippen molar-refractivity contribution in [1.29, 1.82) is 0 Å². The molecule has 0 unspecified atom stereocenters. The monoisotopic (exact) mass is 407 g/mol. The highest BCUT2D eigenvalue weighted by molar-refractivity contribution is 6.36. The number of nitrogens with one attached hydrogen (secondary N) is 1. The molecule has 0 atom stereocenters. The van der Waals surface area contributed by atoms with Gasteiger partial charge in [-0.2, -0.15) is 0 Å². The number of benzene rings is 2. The van der Waals surface area contributed by atoms with Gasteiger partial charge in [0.2, 0.25) is 5.91 Å². The van der Waals surface area contributed by atoms with E-state index in [0.717, 1.165) is 5.69 Å². The first-order valence-electron chi connectivity index (χ1n) is 9.78. The number of imide groups is 1. The number of methoxy groups -OCH3 is 1. The number of anilines is 2. The number of hydrogen-bond acceptors (Lipinski definition) is 5. The number of likely N-dealkylation sites (N-methyl/N-ethyl adjacent to an activating group) is 1. The SMILES string of the molecule is CCN(C1=C(c2ccc(NC(C)=O)cc2)C(=O)N(CCOC)C1=O)c1ccccc1. The van der Waals surface area contributed by atoms with Gasteiger partial charge in [-0.3, -0.25) is 19.3 Å². The highest BCUT2D eigenvalue weighted by Crippen LogP contribution is 2.34. The topological polar surface area (TPSA) is 79.0 Å². The van der Waals surface area contributed by atoms with Gasteiger partial charge in [0.05, 0.1) is 18.7 Å². The molecule has 0 aliphatic carbocycles. The van der Waals surface area contributed by atoms with Crippen molar-refractivity contribution in [1.82, 2.24) is 4.90 Å². The summed E-state index contributed by atoms with van der Waals surface area (Å²) in [6.07, 6.45) is 0. The Balaban J connectivity index is 2.09. The zero-order chi connectivity index (χ0) is 21.7. The van der Waals surface area contributed by atoms with E-state index in [-0.39, 0.29) is 30.9 Å². The van der Waals surface area contributed by atoms with Crippen molar-refractivity contribution in [2.45, 2.75) is 13.8 Å². The van der Waals surface area contributed by atoms with Crippen LogP contribution in [0, 0.1) is 0 Å². The number of para-hydroxylation sites is 1. The van der Waals surface area contributed by atoms with Crippen LogP contribution in [0.15, 0.2) is 60.3 Å². The summed E-state index contributed by atoms with van der Waals surface area (Å²) in [5.74, 6) is -0.876. The van der Waals surface area contributed by atoms with Crippen LogP contribution >= 0.6 is 0 Å². The average Bonchev–Trinajstić information content (AvgIpc) is 2.98. The summed E-state index contributed by atoms with van der Waals surface area (Å²) in [6.45, 7) is 4.33. The van der Waals surface area contributed by atoms with E-state index in [1.54, 1.807) is 24.3 Å². The molecule has 0 saturated heterocycles. The third kappa shape index (κ3) is 4.26. The predicted octanol–water partition coefficient (Wildman–Crippen LogP) is 2.90. The van der Waals surface area contributed by atoms with E-state index < -0.39 is 0 Å². The molecule has 7 heteroatoms. The molecule has 156 valence electrons. The molecule has 30 heavy (non-hydrogen) atoms. The van der Waals surface area contributed by atoms with Gasteiger partial charge in [0, 0.05) is 32.0 Å². The van der Waals surface area contributed by atoms with Crippen molar-refractivity contribution >= 4 is 34.7 Å². The van der Waals surface area contributed by atoms with Crippen molar-refractivity contribution < 1.29 is 19.1 Å². The maximum Gasteiger partial charge on any atom is 0.278 e. The molecule has 0 fully saturated rings. The van der Waals surface area contributed by atoms with E-state index in [4.69, 9.17) is 4.74 Å². The maximum atomic E-state index is 13.3. The first kappa shape index (κ1) is 21.3. The molecule has 1 N–H and O–H groups in total. The zero-order valence-corrected chi connectivity index (χ0v) is 17.3. The van der Waals surface area contributed by atoms with Crippen molar-refractivity contribution in [2.24, 2.45) is 0 Å². The van der Waals surface area contributed by atoms with Gasteiger partial charge >= 0.3 is 0 Å². The molecule has 7 nitrogen and oxygen atoms in total. The van der Waals surface area contributed by atoms with E-state index >= 15 is 0 Å². The minimum atomic E-state index is -0.353. The Labute approximate surface area is 175 Å². The number of rotatable bonds is 8. The van der Waals surface area contributed by atoms with Gasteiger partial charge in [-0.15, -0.1) is 0 Å². The second-order valence-corrected chi connectivity index (χ2v) is 6.82. The molecule has 0 bridgehead atoms. The lowest BCUT2D eigenvalue weighted by atomic mass is 10.0. The van der Waals surface area contributed by atoms with Crippen LogP contribution in [0.2, 0.25) is 0 Å². The fourth-order valence-corrected chi connectivity index (χ4v) is 3.46. The molecule has 3 rings (SSSR count). The molecular weight excluding hydrogens is 382 g/mol. The summed E-state index contributed by atoms with van der Waals surface area (Å²) in [6, 6.07) is 16.4.